The lowest BCUT2D eigenvalue weighted by Crippen LogP contribution is -2.47. The number of rotatable bonds is 21. The molecule has 0 spiro atoms. The molecule has 2 atom stereocenters. The van der Waals surface area contributed by atoms with E-state index in [9.17, 15) is 19.8 Å². The minimum absolute atomic E-state index is 0.0481. The fourth-order valence-electron chi connectivity index (χ4n) is 8.07. The van der Waals surface area contributed by atoms with Gasteiger partial charge in [-0.3, -0.25) is 4.68 Å². The Balaban J connectivity index is 0.881. The predicted molar refractivity (Wildman–Crippen MR) is 241 cm³/mol. The highest BCUT2D eigenvalue weighted by Gasteiger charge is 2.38. The summed E-state index contributed by atoms with van der Waals surface area (Å²) in [5.74, 6) is -2.59. The van der Waals surface area contributed by atoms with E-state index in [-0.39, 0.29) is 23.3 Å². The van der Waals surface area contributed by atoms with Gasteiger partial charge in [0.15, 0.2) is 0 Å². The quantitative estimate of drug-likeness (QED) is 0.0717. The van der Waals surface area contributed by atoms with Crippen LogP contribution in [0.15, 0.2) is 182 Å². The molecule has 322 valence electrons. The molecule has 12 nitrogen and oxygen atoms in total. The first-order chi connectivity index (χ1) is 31.4. The SMILES string of the molecule is O=C(O)C(Oc1cccc(CCCn2cc(C(c3ccccc3)c3ccccc3)nn2)c1)C(Oc1cccc(CCCn2nncc2C(c2ccccc2)c2ccccc2)c1)C(=O)O. The van der Waals surface area contributed by atoms with Gasteiger partial charge in [0.2, 0.25) is 12.2 Å². The lowest BCUT2D eigenvalue weighted by molar-refractivity contribution is -0.161. The van der Waals surface area contributed by atoms with E-state index >= 15 is 0 Å². The molecule has 2 N–H and O–H groups in total. The van der Waals surface area contributed by atoms with Gasteiger partial charge in [-0.25, -0.2) is 14.3 Å². The van der Waals surface area contributed by atoms with Crippen molar-refractivity contribution >= 4 is 11.9 Å². The Bertz CT molecular complexity index is 2650. The zero-order valence-corrected chi connectivity index (χ0v) is 35.1. The van der Waals surface area contributed by atoms with E-state index in [0.29, 0.717) is 32.4 Å². The van der Waals surface area contributed by atoms with Crippen molar-refractivity contribution in [3.05, 3.63) is 227 Å². The highest BCUT2D eigenvalue weighted by Crippen LogP contribution is 2.32. The molecular weight excluding hydrogens is 805 g/mol. The molecule has 0 aliphatic rings. The summed E-state index contributed by atoms with van der Waals surface area (Å²) in [7, 11) is 0. The third-order valence-corrected chi connectivity index (χ3v) is 11.1. The van der Waals surface area contributed by atoms with Gasteiger partial charge in [-0.05, 0) is 83.3 Å². The third kappa shape index (κ3) is 10.8. The van der Waals surface area contributed by atoms with E-state index in [2.05, 4.69) is 69.2 Å². The molecule has 8 aromatic rings. The van der Waals surface area contributed by atoms with Crippen LogP contribution in [0.3, 0.4) is 0 Å². The molecule has 0 saturated carbocycles. The lowest BCUT2D eigenvalue weighted by atomic mass is 9.88. The summed E-state index contributed by atoms with van der Waals surface area (Å²) in [4.78, 5) is 25.1. The second kappa shape index (κ2) is 20.8. The highest BCUT2D eigenvalue weighted by atomic mass is 16.6. The van der Waals surface area contributed by atoms with Crippen molar-refractivity contribution in [3.63, 3.8) is 0 Å². The molecule has 2 unspecified atom stereocenters. The summed E-state index contributed by atoms with van der Waals surface area (Å²) in [5, 5.41) is 38.1. The van der Waals surface area contributed by atoms with Crippen LogP contribution in [0.2, 0.25) is 0 Å². The van der Waals surface area contributed by atoms with E-state index in [0.717, 1.165) is 51.2 Å². The third-order valence-electron chi connectivity index (χ3n) is 11.1. The van der Waals surface area contributed by atoms with Crippen molar-refractivity contribution in [1.82, 2.24) is 30.0 Å². The fraction of sp³-hybridized carbons (Fsp3) is 0.192. The van der Waals surface area contributed by atoms with Crippen molar-refractivity contribution in [2.45, 2.75) is 62.8 Å². The number of carboxylic acid groups (broad SMARTS) is 2. The summed E-state index contributed by atoms with van der Waals surface area (Å²) in [5.41, 5.74) is 8.13. The standard InChI is InChI=1S/C52H48N6O6/c59-51(60)49(63-43-29-13-17-37(33-43)19-15-31-57-36-45(54-56-57)47(39-21-5-1-6-22-39)40-23-7-2-8-24-40)50(52(61)62)64-44-30-14-18-38(34-44)20-16-32-58-46(35-53-55-58)48(41-25-9-3-10-26-41)42-27-11-4-12-28-42/h1-14,17-18,21-30,33-36,47-50H,15-16,19-20,31-32H2,(H,59,60)(H,61,62). The van der Waals surface area contributed by atoms with Gasteiger partial charge in [0.25, 0.3) is 0 Å². The van der Waals surface area contributed by atoms with Gasteiger partial charge in [-0.1, -0.05) is 156 Å². The molecule has 0 radical (unpaired) electrons. The van der Waals surface area contributed by atoms with Crippen LogP contribution in [0.4, 0.5) is 0 Å². The second-order valence-electron chi connectivity index (χ2n) is 15.6. The molecule has 0 bridgehead atoms. The number of benzene rings is 6. The molecule has 8 rings (SSSR count). The number of aryl methyl sites for hydroxylation is 4. The van der Waals surface area contributed by atoms with Gasteiger partial charge >= 0.3 is 11.9 Å². The number of hydrogen-bond acceptors (Lipinski definition) is 8. The lowest BCUT2D eigenvalue weighted by Gasteiger charge is -2.23. The zero-order valence-electron chi connectivity index (χ0n) is 35.1. The molecule has 0 aliphatic heterocycles. The number of aliphatic carboxylic acids is 2. The van der Waals surface area contributed by atoms with Crippen LogP contribution in [-0.2, 0) is 35.5 Å². The number of carboxylic acids is 2. The number of carbonyl (C=O) groups is 2. The van der Waals surface area contributed by atoms with Crippen LogP contribution in [-0.4, -0.2) is 64.3 Å². The molecule has 6 aromatic carbocycles. The zero-order chi connectivity index (χ0) is 44.1. The first-order valence-electron chi connectivity index (χ1n) is 21.3. The van der Waals surface area contributed by atoms with Gasteiger partial charge < -0.3 is 19.7 Å². The predicted octanol–water partition coefficient (Wildman–Crippen LogP) is 8.86. The van der Waals surface area contributed by atoms with Crippen LogP contribution in [0.5, 0.6) is 11.5 Å². The largest absolute Gasteiger partial charge is 0.478 e. The first-order valence-corrected chi connectivity index (χ1v) is 21.3. The second-order valence-corrected chi connectivity index (χ2v) is 15.6. The summed E-state index contributed by atoms with van der Waals surface area (Å²) >= 11 is 0. The van der Waals surface area contributed by atoms with Crippen LogP contribution < -0.4 is 9.47 Å². The van der Waals surface area contributed by atoms with Crippen molar-refractivity contribution in [2.75, 3.05) is 0 Å². The van der Waals surface area contributed by atoms with Crippen LogP contribution in [0.1, 0.15) is 69.4 Å². The van der Waals surface area contributed by atoms with Gasteiger partial charge in [0.1, 0.15) is 11.5 Å². The van der Waals surface area contributed by atoms with Gasteiger partial charge in [0.05, 0.1) is 29.4 Å². The van der Waals surface area contributed by atoms with E-state index in [1.54, 1.807) is 36.4 Å². The normalized spacial score (nSPS) is 12.2. The molecule has 2 heterocycles. The smallest absolute Gasteiger partial charge is 0.349 e. The summed E-state index contributed by atoms with van der Waals surface area (Å²) < 4.78 is 15.5. The summed E-state index contributed by atoms with van der Waals surface area (Å²) in [6, 6.07) is 55.0. The monoisotopic (exact) mass is 852 g/mol. The minimum atomic E-state index is -1.83. The Morgan fingerprint density at radius 2 is 0.984 bits per heavy atom. The van der Waals surface area contributed by atoms with E-state index in [1.807, 2.05) is 107 Å². The van der Waals surface area contributed by atoms with E-state index < -0.39 is 24.1 Å². The maximum absolute atomic E-state index is 12.6. The number of hydrogen-bond donors (Lipinski definition) is 2. The van der Waals surface area contributed by atoms with E-state index in [4.69, 9.17) is 9.47 Å². The Morgan fingerprint density at radius 3 is 1.45 bits per heavy atom. The highest BCUT2D eigenvalue weighted by molar-refractivity contribution is 5.84. The van der Waals surface area contributed by atoms with Gasteiger partial charge in [-0.15, -0.1) is 10.2 Å². The summed E-state index contributed by atoms with van der Waals surface area (Å²) in [6.07, 6.45) is 2.81. The maximum Gasteiger partial charge on any atom is 0.349 e. The van der Waals surface area contributed by atoms with Crippen molar-refractivity contribution in [1.29, 1.82) is 0 Å². The first kappa shape index (κ1) is 42.8. The Morgan fingerprint density at radius 1 is 0.531 bits per heavy atom. The maximum atomic E-state index is 12.6. The molecule has 0 saturated heterocycles. The average molecular weight is 853 g/mol. The molecule has 12 heteroatoms. The molecular formula is C52H48N6O6. The van der Waals surface area contributed by atoms with Crippen molar-refractivity contribution in [3.8, 4) is 11.5 Å². The minimum Gasteiger partial charge on any atom is -0.478 e. The van der Waals surface area contributed by atoms with Crippen LogP contribution in [0.25, 0.3) is 0 Å². The Kier molecular flexibility index (Phi) is 13.9. The number of aromatic nitrogens is 6. The van der Waals surface area contributed by atoms with Crippen LogP contribution >= 0.6 is 0 Å². The summed E-state index contributed by atoms with van der Waals surface area (Å²) in [6.45, 7) is 1.19. The Labute approximate surface area is 371 Å². The van der Waals surface area contributed by atoms with E-state index in [1.165, 1.54) is 0 Å². The van der Waals surface area contributed by atoms with Crippen molar-refractivity contribution in [2.24, 2.45) is 0 Å². The van der Waals surface area contributed by atoms with Crippen molar-refractivity contribution < 1.29 is 29.3 Å². The number of nitrogens with zero attached hydrogens (tertiary/aromatic N) is 6. The number of ether oxygens (including phenoxy) is 2. The molecule has 64 heavy (non-hydrogen) atoms. The topological polar surface area (TPSA) is 154 Å². The van der Waals surface area contributed by atoms with Crippen LogP contribution in [0, 0.1) is 0 Å². The molecule has 0 aliphatic carbocycles. The van der Waals surface area contributed by atoms with Gasteiger partial charge in [0, 0.05) is 19.3 Å². The molecule has 2 aromatic heterocycles. The fourth-order valence-corrected chi connectivity index (χ4v) is 8.07. The molecule has 0 amide bonds. The Hall–Kier alpha value is -7.86. The van der Waals surface area contributed by atoms with Gasteiger partial charge in [-0.2, -0.15) is 0 Å². The molecule has 0 fully saturated rings. The average Bonchev–Trinajstić information content (AvgIpc) is 3.99.